The van der Waals surface area contributed by atoms with Crippen molar-refractivity contribution in [2.75, 3.05) is 6.54 Å². The lowest BCUT2D eigenvalue weighted by Crippen LogP contribution is -2.42. The summed E-state index contributed by atoms with van der Waals surface area (Å²) in [5, 5.41) is 2.78. The van der Waals surface area contributed by atoms with Crippen molar-refractivity contribution in [3.63, 3.8) is 0 Å². The predicted molar refractivity (Wildman–Crippen MR) is 87.4 cm³/mol. The summed E-state index contributed by atoms with van der Waals surface area (Å²) in [5.41, 5.74) is 1.01. The lowest BCUT2D eigenvalue weighted by molar-refractivity contribution is -0.131. The van der Waals surface area contributed by atoms with Crippen LogP contribution in [0.3, 0.4) is 0 Å². The fraction of sp³-hybridized carbons (Fsp3) is 0.211. The first-order valence-electron chi connectivity index (χ1n) is 8.02. The van der Waals surface area contributed by atoms with Crippen LogP contribution in [0.25, 0.3) is 0 Å². The first-order valence-corrected chi connectivity index (χ1v) is 8.02. The molecule has 0 aromatic heterocycles. The first kappa shape index (κ1) is 15.5. The van der Waals surface area contributed by atoms with Crippen LogP contribution in [0.4, 0.5) is 9.18 Å². The molecule has 4 rings (SSSR count). The molecule has 25 heavy (non-hydrogen) atoms. The summed E-state index contributed by atoms with van der Waals surface area (Å²) in [6.45, 7) is -0.361. The van der Waals surface area contributed by atoms with Crippen molar-refractivity contribution in [3.8, 4) is 0 Å². The Labute approximate surface area is 143 Å². The number of benzene rings is 2. The lowest BCUT2D eigenvalue weighted by Gasteiger charge is -2.22. The third-order valence-corrected chi connectivity index (χ3v) is 4.89. The molecular weight excluding hydrogens is 323 g/mol. The summed E-state index contributed by atoms with van der Waals surface area (Å²) < 4.78 is 13.0. The highest BCUT2D eigenvalue weighted by Crippen LogP contribution is 2.41. The van der Waals surface area contributed by atoms with E-state index in [4.69, 9.17) is 0 Å². The number of urea groups is 1. The lowest BCUT2D eigenvalue weighted by atomic mass is 9.92. The zero-order valence-electron chi connectivity index (χ0n) is 13.3. The molecule has 1 aliphatic carbocycles. The number of rotatable bonds is 3. The van der Waals surface area contributed by atoms with Gasteiger partial charge in [0.25, 0.3) is 5.91 Å². The Morgan fingerprint density at radius 1 is 1.12 bits per heavy atom. The molecule has 1 atom stereocenters. The molecule has 2 aliphatic rings. The van der Waals surface area contributed by atoms with Gasteiger partial charge in [0.05, 0.1) is 6.54 Å². The van der Waals surface area contributed by atoms with Crippen LogP contribution in [0.5, 0.6) is 0 Å². The molecule has 1 fully saturated rings. The Morgan fingerprint density at radius 2 is 1.84 bits per heavy atom. The van der Waals surface area contributed by atoms with Crippen molar-refractivity contribution in [2.24, 2.45) is 0 Å². The van der Waals surface area contributed by atoms with Crippen LogP contribution in [-0.4, -0.2) is 29.2 Å². The summed E-state index contributed by atoms with van der Waals surface area (Å²) >= 11 is 0. The van der Waals surface area contributed by atoms with Gasteiger partial charge in [-0.3, -0.25) is 14.5 Å². The van der Waals surface area contributed by atoms with E-state index in [0.717, 1.165) is 16.0 Å². The molecule has 0 saturated carbocycles. The summed E-state index contributed by atoms with van der Waals surface area (Å²) in [5.74, 6) is -1.27. The molecular formula is C19H15FN2O3. The van der Waals surface area contributed by atoms with E-state index in [-0.39, 0.29) is 12.1 Å². The zero-order chi connectivity index (χ0) is 17.6. The highest BCUT2D eigenvalue weighted by atomic mass is 19.1. The summed E-state index contributed by atoms with van der Waals surface area (Å²) in [4.78, 5) is 38.6. The molecule has 2 aromatic rings. The topological polar surface area (TPSA) is 66.5 Å². The van der Waals surface area contributed by atoms with Crippen LogP contribution in [0.2, 0.25) is 0 Å². The molecule has 5 nitrogen and oxygen atoms in total. The van der Waals surface area contributed by atoms with Crippen LogP contribution in [0, 0.1) is 5.82 Å². The van der Waals surface area contributed by atoms with Crippen molar-refractivity contribution in [1.29, 1.82) is 0 Å². The molecule has 1 spiro atoms. The number of carbonyl (C=O) groups is 3. The first-order chi connectivity index (χ1) is 12.0. The molecule has 126 valence electrons. The van der Waals surface area contributed by atoms with Gasteiger partial charge in [0.2, 0.25) is 0 Å². The van der Waals surface area contributed by atoms with E-state index in [2.05, 4.69) is 5.32 Å². The Morgan fingerprint density at radius 3 is 2.60 bits per heavy atom. The number of imide groups is 1. The minimum Gasteiger partial charge on any atom is -0.319 e. The van der Waals surface area contributed by atoms with Crippen LogP contribution in [0.1, 0.15) is 27.9 Å². The number of hydrogen-bond acceptors (Lipinski definition) is 3. The largest absolute Gasteiger partial charge is 0.325 e. The molecule has 1 aliphatic heterocycles. The van der Waals surface area contributed by atoms with Gasteiger partial charge in [0.1, 0.15) is 11.4 Å². The van der Waals surface area contributed by atoms with Gasteiger partial charge in [-0.25, -0.2) is 9.18 Å². The van der Waals surface area contributed by atoms with Gasteiger partial charge in [0, 0.05) is 5.56 Å². The number of amides is 3. The van der Waals surface area contributed by atoms with Gasteiger partial charge < -0.3 is 5.32 Å². The Bertz CT molecular complexity index is 894. The molecule has 0 bridgehead atoms. The molecule has 3 amide bonds. The van der Waals surface area contributed by atoms with E-state index in [0.29, 0.717) is 12.8 Å². The fourth-order valence-corrected chi connectivity index (χ4v) is 3.60. The van der Waals surface area contributed by atoms with Crippen LogP contribution >= 0.6 is 0 Å². The van der Waals surface area contributed by atoms with E-state index in [1.54, 1.807) is 0 Å². The number of nitrogens with one attached hydrogen (secondary N) is 1. The number of carbonyl (C=O) groups excluding carboxylic acids is 3. The SMILES string of the molecule is O=C(CN1C(=O)N[C@]2(CCc3ccccc32)C1=O)c1ccc(F)cc1. The van der Waals surface area contributed by atoms with E-state index in [1.165, 1.54) is 24.3 Å². The molecule has 1 saturated heterocycles. The van der Waals surface area contributed by atoms with Crippen molar-refractivity contribution in [2.45, 2.75) is 18.4 Å². The number of halogens is 1. The Hall–Kier alpha value is -3.02. The number of hydrogen-bond donors (Lipinski definition) is 1. The maximum atomic E-state index is 13.0. The highest BCUT2D eigenvalue weighted by Gasteiger charge is 2.55. The molecule has 1 heterocycles. The quantitative estimate of drug-likeness (QED) is 0.690. The summed E-state index contributed by atoms with van der Waals surface area (Å²) in [6.07, 6.45) is 1.18. The third kappa shape index (κ3) is 2.33. The minimum absolute atomic E-state index is 0.259. The number of ketones is 1. The maximum Gasteiger partial charge on any atom is 0.325 e. The molecule has 0 unspecified atom stereocenters. The third-order valence-electron chi connectivity index (χ3n) is 4.89. The molecule has 2 aromatic carbocycles. The van der Waals surface area contributed by atoms with Gasteiger partial charge in [0.15, 0.2) is 5.78 Å². The Balaban J connectivity index is 1.61. The van der Waals surface area contributed by atoms with Gasteiger partial charge in [-0.1, -0.05) is 24.3 Å². The predicted octanol–water partition coefficient (Wildman–Crippen LogP) is 2.40. The second kappa shape index (κ2) is 5.51. The highest BCUT2D eigenvalue weighted by molar-refractivity contribution is 6.11. The zero-order valence-corrected chi connectivity index (χ0v) is 13.3. The standard InChI is InChI=1S/C19H15FN2O3/c20-14-7-5-13(6-8-14)16(23)11-22-17(24)19(21-18(22)25)10-9-12-3-1-2-4-15(12)19/h1-8H,9-11H2,(H,21,25)/t19-/m0/s1. The van der Waals surface area contributed by atoms with E-state index in [9.17, 15) is 18.8 Å². The van der Waals surface area contributed by atoms with Crippen molar-refractivity contribution >= 4 is 17.7 Å². The smallest absolute Gasteiger partial charge is 0.319 e. The Kier molecular flexibility index (Phi) is 3.42. The van der Waals surface area contributed by atoms with Gasteiger partial charge in [-0.15, -0.1) is 0 Å². The molecule has 1 N–H and O–H groups in total. The van der Waals surface area contributed by atoms with E-state index in [1.807, 2.05) is 24.3 Å². The van der Waals surface area contributed by atoms with Crippen LogP contribution in [-0.2, 0) is 16.8 Å². The summed E-state index contributed by atoms with van der Waals surface area (Å²) in [6, 6.07) is 12.0. The molecule has 0 radical (unpaired) electrons. The van der Waals surface area contributed by atoms with Crippen molar-refractivity contribution < 1.29 is 18.8 Å². The van der Waals surface area contributed by atoms with Gasteiger partial charge >= 0.3 is 6.03 Å². The van der Waals surface area contributed by atoms with Crippen LogP contribution in [0.15, 0.2) is 48.5 Å². The van der Waals surface area contributed by atoms with Gasteiger partial charge in [-0.2, -0.15) is 0 Å². The number of aryl methyl sites for hydroxylation is 1. The number of fused-ring (bicyclic) bond motifs is 2. The van der Waals surface area contributed by atoms with Crippen molar-refractivity contribution in [3.05, 3.63) is 71.0 Å². The average Bonchev–Trinajstić information content (AvgIpc) is 3.09. The van der Waals surface area contributed by atoms with Crippen LogP contribution < -0.4 is 5.32 Å². The second-order valence-corrected chi connectivity index (χ2v) is 6.31. The van der Waals surface area contributed by atoms with E-state index < -0.39 is 29.1 Å². The monoisotopic (exact) mass is 338 g/mol. The van der Waals surface area contributed by atoms with E-state index >= 15 is 0 Å². The average molecular weight is 338 g/mol. The minimum atomic E-state index is -1.07. The second-order valence-electron chi connectivity index (χ2n) is 6.31. The maximum absolute atomic E-state index is 13.0. The van der Waals surface area contributed by atoms with Gasteiger partial charge in [-0.05, 0) is 48.2 Å². The number of Topliss-reactive ketones (excluding diaryl/α,β-unsaturated/α-hetero) is 1. The summed E-state index contributed by atoms with van der Waals surface area (Å²) in [7, 11) is 0. The number of nitrogens with zero attached hydrogens (tertiary/aromatic N) is 1. The molecule has 6 heteroatoms. The van der Waals surface area contributed by atoms with Crippen molar-refractivity contribution in [1.82, 2.24) is 10.2 Å². The normalized spacial score (nSPS) is 21.6. The fourth-order valence-electron chi connectivity index (χ4n) is 3.60.